The van der Waals surface area contributed by atoms with Crippen LogP contribution in [0, 0.1) is 20.8 Å². The fraction of sp³-hybridized carbons (Fsp3) is 0.500. The first-order valence-electron chi connectivity index (χ1n) is 2.26. The number of hydrogen-bond acceptors (Lipinski definition) is 1. The highest BCUT2D eigenvalue weighted by atomic mass is 16.3. The molecule has 0 aromatic rings. The molecule has 0 fully saturated rings. The van der Waals surface area contributed by atoms with Gasteiger partial charge in [-0.1, -0.05) is 0 Å². The van der Waals surface area contributed by atoms with Gasteiger partial charge in [0.1, 0.15) is 6.42 Å². The Balaban J connectivity index is 3.36. The van der Waals surface area contributed by atoms with Crippen molar-refractivity contribution < 1.29 is 5.11 Å². The monoisotopic (exact) mass is 98.1 g/mol. The molecule has 0 N–H and O–H groups in total. The molecule has 1 heteroatoms. The maximum atomic E-state index is 10.6. The first-order valence-corrected chi connectivity index (χ1v) is 2.26. The van der Waals surface area contributed by atoms with Crippen LogP contribution in [0.15, 0.2) is 0 Å². The molecule has 0 aliphatic heterocycles. The van der Waals surface area contributed by atoms with E-state index in [1.807, 2.05) is 0 Å². The third kappa shape index (κ3) is 2.40. The van der Waals surface area contributed by atoms with E-state index in [1.165, 1.54) is 0 Å². The molecule has 0 unspecified atom stereocenters. The molecule has 0 aromatic heterocycles. The second-order valence-electron chi connectivity index (χ2n) is 1.68. The van der Waals surface area contributed by atoms with Gasteiger partial charge in [-0.25, -0.2) is 0 Å². The van der Waals surface area contributed by atoms with Gasteiger partial charge in [-0.15, -0.1) is 6.42 Å². The maximum absolute atomic E-state index is 10.6. The van der Waals surface area contributed by atoms with Crippen LogP contribution >= 0.6 is 0 Å². The van der Waals surface area contributed by atoms with E-state index < -0.39 is 5.60 Å². The summed E-state index contributed by atoms with van der Waals surface area (Å²) in [5.41, 5.74) is -1.14. The van der Waals surface area contributed by atoms with Crippen molar-refractivity contribution in [3.63, 3.8) is 0 Å². The Morgan fingerprint density at radius 3 is 2.14 bits per heavy atom. The Morgan fingerprint density at radius 2 is 2.14 bits per heavy atom. The van der Waals surface area contributed by atoms with Gasteiger partial charge in [0.2, 0.25) is 0 Å². The van der Waals surface area contributed by atoms with Crippen LogP contribution in [0.4, 0.5) is 0 Å². The molecule has 0 saturated carbocycles. The van der Waals surface area contributed by atoms with E-state index in [0.29, 0.717) is 12.8 Å². The zero-order valence-corrected chi connectivity index (χ0v) is 4.44. The average molecular weight is 98.1 g/mol. The molecule has 1 nitrogen and oxygen atoms in total. The van der Waals surface area contributed by atoms with Crippen LogP contribution in [0.3, 0.4) is 0 Å². The topological polar surface area (TPSA) is 23.1 Å². The first kappa shape index (κ1) is 6.70. The van der Waals surface area contributed by atoms with Crippen LogP contribution in [0.2, 0.25) is 0 Å². The molecule has 0 atom stereocenters. The van der Waals surface area contributed by atoms with Gasteiger partial charge < -0.3 is 12.0 Å². The Hall–Kier alpha value is -0.300. The van der Waals surface area contributed by atoms with E-state index in [1.54, 1.807) is 0 Å². The number of hydrogen-bond donors (Lipinski definition) is 0. The lowest BCUT2D eigenvalue weighted by molar-refractivity contribution is -0.459. The third-order valence-corrected chi connectivity index (χ3v) is 0.911. The average Bonchev–Trinajstić information content (AvgIpc) is 1.68. The van der Waals surface area contributed by atoms with Crippen molar-refractivity contribution in [3.05, 3.63) is 20.8 Å². The zero-order chi connectivity index (χ0) is 5.91. The molecule has 0 spiro atoms. The predicted molar refractivity (Wildman–Crippen MR) is 28.0 cm³/mol. The molecule has 0 amide bonds. The minimum absolute atomic E-state index is 0.316. The molecule has 0 rings (SSSR count). The van der Waals surface area contributed by atoms with Crippen molar-refractivity contribution in [1.82, 2.24) is 0 Å². The van der Waals surface area contributed by atoms with Gasteiger partial charge in [-0.05, 0) is 0 Å². The van der Waals surface area contributed by atoms with Gasteiger partial charge in [0.25, 0.3) is 0 Å². The summed E-state index contributed by atoms with van der Waals surface area (Å²) in [7, 11) is 0. The van der Waals surface area contributed by atoms with Crippen LogP contribution < -0.4 is 5.11 Å². The largest absolute Gasteiger partial charge is 0.812 e. The Labute approximate surface area is 45.4 Å². The maximum Gasteiger partial charge on any atom is 0.113 e. The van der Waals surface area contributed by atoms with Gasteiger partial charge in [0.15, 0.2) is 0 Å². The summed E-state index contributed by atoms with van der Waals surface area (Å²) >= 11 is 0. The Bertz CT molecular complexity index is 42.1. The molecule has 0 aromatic carbocycles. The zero-order valence-electron chi connectivity index (χ0n) is 4.44. The van der Waals surface area contributed by atoms with Crippen molar-refractivity contribution in [2.75, 3.05) is 0 Å². The quantitative estimate of drug-likeness (QED) is 0.457. The number of rotatable bonds is 2. The summed E-state index contributed by atoms with van der Waals surface area (Å²) in [5.74, 6) is 0. The molecule has 0 aliphatic rings. The Morgan fingerprint density at radius 1 is 1.71 bits per heavy atom. The molecule has 0 heterocycles. The fourth-order valence-corrected chi connectivity index (χ4v) is 0.125. The molecule has 0 radical (unpaired) electrons. The second kappa shape index (κ2) is 2.12. The molecular weight excluding hydrogens is 88.1 g/mol. The Kier molecular flexibility index (Phi) is 2.03. The van der Waals surface area contributed by atoms with Crippen LogP contribution in [0.25, 0.3) is 0 Å². The van der Waals surface area contributed by atoms with E-state index >= 15 is 0 Å². The van der Waals surface area contributed by atoms with Gasteiger partial charge >= 0.3 is 0 Å². The normalized spacial score (nSPS) is 18.6. The van der Waals surface area contributed by atoms with Crippen LogP contribution in [-0.4, -0.2) is 5.60 Å². The minimum Gasteiger partial charge on any atom is -0.812 e. The first-order chi connectivity index (χ1) is 3.12. The molecular formula is C6H10O. The minimum atomic E-state index is -1.14. The van der Waals surface area contributed by atoms with Gasteiger partial charge in [-0.2, -0.15) is 0 Å². The van der Waals surface area contributed by atoms with E-state index in [9.17, 15) is 5.11 Å². The predicted octanol–water partition coefficient (Wildman–Crippen LogP) is 0.368. The smallest absolute Gasteiger partial charge is 0.113 e. The van der Waals surface area contributed by atoms with Crippen molar-refractivity contribution in [2.24, 2.45) is 0 Å². The summed E-state index contributed by atoms with van der Waals surface area (Å²) in [4.78, 5) is 0. The van der Waals surface area contributed by atoms with Crippen molar-refractivity contribution in [2.45, 2.75) is 18.4 Å². The molecule has 40 valence electrons. The second-order valence-corrected chi connectivity index (χ2v) is 1.68. The molecule has 0 saturated heterocycles. The van der Waals surface area contributed by atoms with E-state index in [2.05, 4.69) is 20.8 Å². The summed E-state index contributed by atoms with van der Waals surface area (Å²) < 4.78 is 0. The van der Waals surface area contributed by atoms with Gasteiger partial charge in [-0.3, -0.25) is 0 Å². The highest BCUT2D eigenvalue weighted by Crippen LogP contribution is 2.05. The van der Waals surface area contributed by atoms with Crippen LogP contribution in [0.5, 0.6) is 0 Å². The van der Waals surface area contributed by atoms with Crippen LogP contribution in [0.1, 0.15) is 12.8 Å². The molecule has 0 bridgehead atoms. The summed E-state index contributed by atoms with van der Waals surface area (Å²) in [6.45, 7) is 10.2. The van der Waals surface area contributed by atoms with Crippen molar-refractivity contribution in [3.8, 4) is 0 Å². The lowest BCUT2D eigenvalue weighted by Crippen LogP contribution is -2.39. The summed E-state index contributed by atoms with van der Waals surface area (Å²) in [6, 6.07) is 0. The van der Waals surface area contributed by atoms with Crippen LogP contribution in [-0.2, 0) is 0 Å². The molecule has 0 aliphatic carbocycles. The van der Waals surface area contributed by atoms with E-state index in [-0.39, 0.29) is 0 Å². The highest BCUT2D eigenvalue weighted by molar-refractivity contribution is 4.80. The van der Waals surface area contributed by atoms with E-state index in [0.717, 1.165) is 0 Å². The van der Waals surface area contributed by atoms with Gasteiger partial charge in [0.05, 0.1) is 19.4 Å². The fourth-order valence-electron chi connectivity index (χ4n) is 0.125. The lowest BCUT2D eigenvalue weighted by Gasteiger charge is -2.24. The van der Waals surface area contributed by atoms with Crippen molar-refractivity contribution >= 4 is 0 Å². The lowest BCUT2D eigenvalue weighted by atomic mass is 10.0. The third-order valence-electron chi connectivity index (χ3n) is 0.911. The summed E-state index contributed by atoms with van der Waals surface area (Å²) in [6.07, 6.45) is 0.632. The standard InChI is InChI=1S/C6H10O/c1-4-6(3,7)5-2/h1-5H2. The van der Waals surface area contributed by atoms with E-state index in [4.69, 9.17) is 0 Å². The SMILES string of the molecule is [CH2+]CC([CH2+])([O-])C[CH2-]. The highest BCUT2D eigenvalue weighted by Gasteiger charge is 2.10. The summed E-state index contributed by atoms with van der Waals surface area (Å²) in [5, 5.41) is 10.6. The molecule has 7 heavy (non-hydrogen) atoms. The van der Waals surface area contributed by atoms with Crippen molar-refractivity contribution in [1.29, 1.82) is 0 Å². The van der Waals surface area contributed by atoms with Gasteiger partial charge in [0, 0.05) is 0 Å².